The Kier molecular flexibility index (Phi) is 1.63. The van der Waals surface area contributed by atoms with Crippen molar-refractivity contribution in [2.75, 3.05) is 0 Å². The SMILES string of the molecule is OCc1nc2[nH]cnc(=S)c2[nH]1. The highest BCUT2D eigenvalue weighted by Crippen LogP contribution is 2.07. The number of H-pyrrole nitrogens is 2. The number of imidazole rings is 1. The standard InChI is InChI=1S/C6H6N4OS/c11-1-3-9-4-5(10-3)7-2-8-6(4)12/h2,11H,1H2,(H2,7,8,9,10,12). The van der Waals surface area contributed by atoms with Gasteiger partial charge < -0.3 is 15.1 Å². The van der Waals surface area contributed by atoms with Gasteiger partial charge in [-0.15, -0.1) is 0 Å². The molecule has 0 aliphatic heterocycles. The molecule has 0 spiro atoms. The fourth-order valence-electron chi connectivity index (χ4n) is 0.973. The molecule has 2 aromatic rings. The van der Waals surface area contributed by atoms with Gasteiger partial charge in [0.1, 0.15) is 17.9 Å². The largest absolute Gasteiger partial charge is 0.388 e. The summed E-state index contributed by atoms with van der Waals surface area (Å²) in [4.78, 5) is 13.6. The van der Waals surface area contributed by atoms with Crippen molar-refractivity contribution in [3.8, 4) is 0 Å². The third-order valence-corrected chi connectivity index (χ3v) is 1.81. The van der Waals surface area contributed by atoms with Crippen LogP contribution in [0.25, 0.3) is 11.2 Å². The Balaban J connectivity index is 2.83. The quantitative estimate of drug-likeness (QED) is 0.561. The molecule has 0 saturated heterocycles. The molecule has 0 fully saturated rings. The normalized spacial score (nSPS) is 10.8. The van der Waals surface area contributed by atoms with Crippen molar-refractivity contribution in [3.05, 3.63) is 16.8 Å². The molecule has 12 heavy (non-hydrogen) atoms. The lowest BCUT2D eigenvalue weighted by atomic mass is 10.6. The number of nitrogens with zero attached hydrogens (tertiary/aromatic N) is 2. The van der Waals surface area contributed by atoms with E-state index in [1.807, 2.05) is 0 Å². The zero-order chi connectivity index (χ0) is 8.55. The summed E-state index contributed by atoms with van der Waals surface area (Å²) in [5.41, 5.74) is 1.29. The summed E-state index contributed by atoms with van der Waals surface area (Å²) in [5, 5.41) is 8.77. The van der Waals surface area contributed by atoms with E-state index < -0.39 is 0 Å². The van der Waals surface area contributed by atoms with Crippen molar-refractivity contribution in [1.82, 2.24) is 19.9 Å². The number of aliphatic hydroxyl groups excluding tert-OH is 1. The maximum Gasteiger partial charge on any atom is 0.160 e. The highest BCUT2D eigenvalue weighted by molar-refractivity contribution is 7.71. The smallest absolute Gasteiger partial charge is 0.160 e. The number of rotatable bonds is 1. The number of aromatic nitrogens is 4. The molecule has 0 aromatic carbocycles. The summed E-state index contributed by atoms with van der Waals surface area (Å²) in [6.45, 7) is -0.128. The molecule has 3 N–H and O–H groups in total. The predicted molar refractivity (Wildman–Crippen MR) is 45.0 cm³/mol. The second kappa shape index (κ2) is 2.65. The van der Waals surface area contributed by atoms with Gasteiger partial charge >= 0.3 is 0 Å². The summed E-state index contributed by atoms with van der Waals surface area (Å²) < 4.78 is 0.455. The third kappa shape index (κ3) is 1.01. The lowest BCUT2D eigenvalue weighted by Gasteiger charge is -1.84. The van der Waals surface area contributed by atoms with Crippen LogP contribution in [0.2, 0.25) is 0 Å². The molecule has 0 amide bonds. The van der Waals surface area contributed by atoms with E-state index in [0.717, 1.165) is 0 Å². The summed E-state index contributed by atoms with van der Waals surface area (Å²) >= 11 is 4.93. The van der Waals surface area contributed by atoms with E-state index in [0.29, 0.717) is 21.6 Å². The van der Waals surface area contributed by atoms with Crippen molar-refractivity contribution in [3.63, 3.8) is 0 Å². The molecular weight excluding hydrogens is 176 g/mol. The Morgan fingerprint density at radius 1 is 1.58 bits per heavy atom. The monoisotopic (exact) mass is 182 g/mol. The van der Waals surface area contributed by atoms with E-state index in [1.54, 1.807) is 0 Å². The van der Waals surface area contributed by atoms with Crippen LogP contribution >= 0.6 is 12.2 Å². The first kappa shape index (κ1) is 7.38. The molecule has 0 radical (unpaired) electrons. The highest BCUT2D eigenvalue weighted by Gasteiger charge is 2.02. The lowest BCUT2D eigenvalue weighted by molar-refractivity contribution is 0.273. The minimum Gasteiger partial charge on any atom is -0.388 e. The first-order chi connectivity index (χ1) is 5.81. The minimum absolute atomic E-state index is 0.128. The van der Waals surface area contributed by atoms with Crippen molar-refractivity contribution < 1.29 is 5.11 Å². The van der Waals surface area contributed by atoms with Gasteiger partial charge in [0.15, 0.2) is 10.3 Å². The van der Waals surface area contributed by atoms with Crippen LogP contribution in [0.1, 0.15) is 5.82 Å². The molecule has 0 aliphatic carbocycles. The molecule has 0 saturated carbocycles. The van der Waals surface area contributed by atoms with E-state index in [4.69, 9.17) is 17.3 Å². The maximum absolute atomic E-state index is 8.77. The minimum atomic E-state index is -0.128. The molecule has 0 aliphatic rings. The van der Waals surface area contributed by atoms with E-state index in [9.17, 15) is 0 Å². The van der Waals surface area contributed by atoms with Crippen LogP contribution < -0.4 is 0 Å². The van der Waals surface area contributed by atoms with E-state index in [1.165, 1.54) is 6.33 Å². The number of aliphatic hydroxyl groups is 1. The first-order valence-electron chi connectivity index (χ1n) is 3.34. The van der Waals surface area contributed by atoms with E-state index in [2.05, 4.69) is 19.9 Å². The average Bonchev–Trinajstić information content (AvgIpc) is 2.49. The summed E-state index contributed by atoms with van der Waals surface area (Å²) in [7, 11) is 0. The summed E-state index contributed by atoms with van der Waals surface area (Å²) in [6, 6.07) is 0. The van der Waals surface area contributed by atoms with Crippen LogP contribution in [0, 0.1) is 4.64 Å². The summed E-state index contributed by atoms with van der Waals surface area (Å²) in [5.74, 6) is 0.486. The molecule has 2 aromatic heterocycles. The molecule has 5 nitrogen and oxygen atoms in total. The van der Waals surface area contributed by atoms with Crippen molar-refractivity contribution in [2.24, 2.45) is 0 Å². The van der Waals surface area contributed by atoms with Crippen molar-refractivity contribution in [1.29, 1.82) is 0 Å². The van der Waals surface area contributed by atoms with Gasteiger partial charge in [-0.3, -0.25) is 0 Å². The van der Waals surface area contributed by atoms with Gasteiger partial charge in [0.25, 0.3) is 0 Å². The van der Waals surface area contributed by atoms with Crippen LogP contribution in [-0.2, 0) is 6.61 Å². The zero-order valence-electron chi connectivity index (χ0n) is 6.03. The Morgan fingerprint density at radius 2 is 2.42 bits per heavy atom. The van der Waals surface area contributed by atoms with Gasteiger partial charge in [0.2, 0.25) is 0 Å². The fourth-order valence-corrected chi connectivity index (χ4v) is 1.17. The number of hydrogen-bond acceptors (Lipinski definition) is 4. The van der Waals surface area contributed by atoms with Gasteiger partial charge in [0, 0.05) is 0 Å². The Morgan fingerprint density at radius 3 is 3.08 bits per heavy atom. The van der Waals surface area contributed by atoms with Crippen LogP contribution in [0.5, 0.6) is 0 Å². The Bertz CT molecular complexity index is 460. The van der Waals surface area contributed by atoms with Crippen LogP contribution in [0.4, 0.5) is 0 Å². The van der Waals surface area contributed by atoms with Gasteiger partial charge in [-0.2, -0.15) is 0 Å². The summed E-state index contributed by atoms with van der Waals surface area (Å²) in [6.07, 6.45) is 1.48. The molecule has 2 rings (SSSR count). The number of nitrogens with one attached hydrogen (secondary N) is 2. The molecule has 2 heterocycles. The van der Waals surface area contributed by atoms with Crippen LogP contribution in [-0.4, -0.2) is 25.0 Å². The topological polar surface area (TPSA) is 77.6 Å². The molecule has 0 atom stereocenters. The molecule has 62 valence electrons. The van der Waals surface area contributed by atoms with Gasteiger partial charge in [-0.25, -0.2) is 9.97 Å². The van der Waals surface area contributed by atoms with Crippen LogP contribution in [0.3, 0.4) is 0 Å². The zero-order valence-corrected chi connectivity index (χ0v) is 6.85. The van der Waals surface area contributed by atoms with Gasteiger partial charge in [-0.05, 0) is 0 Å². The molecule has 0 unspecified atom stereocenters. The molecule has 0 bridgehead atoms. The number of aromatic amines is 2. The lowest BCUT2D eigenvalue weighted by Crippen LogP contribution is -1.83. The maximum atomic E-state index is 8.77. The second-order valence-electron chi connectivity index (χ2n) is 2.27. The van der Waals surface area contributed by atoms with E-state index in [-0.39, 0.29) is 6.61 Å². The van der Waals surface area contributed by atoms with Crippen molar-refractivity contribution >= 4 is 23.4 Å². The number of hydrogen-bond donors (Lipinski definition) is 3. The molecular formula is C6H6N4OS. The van der Waals surface area contributed by atoms with E-state index >= 15 is 0 Å². The Hall–Kier alpha value is -1.27. The van der Waals surface area contributed by atoms with Crippen LogP contribution in [0.15, 0.2) is 6.33 Å². The second-order valence-corrected chi connectivity index (χ2v) is 2.66. The third-order valence-electron chi connectivity index (χ3n) is 1.50. The van der Waals surface area contributed by atoms with Crippen molar-refractivity contribution in [2.45, 2.75) is 6.61 Å². The molecule has 6 heteroatoms. The first-order valence-corrected chi connectivity index (χ1v) is 3.75. The highest BCUT2D eigenvalue weighted by atomic mass is 32.1. The average molecular weight is 182 g/mol. The van der Waals surface area contributed by atoms with Gasteiger partial charge in [0.05, 0.1) is 6.33 Å². The predicted octanol–water partition coefficient (Wildman–Crippen LogP) is 0.508. The fraction of sp³-hybridized carbons (Fsp3) is 0.167. The Labute approximate surface area is 72.5 Å². The number of fused-ring (bicyclic) bond motifs is 1. The van der Waals surface area contributed by atoms with Gasteiger partial charge in [-0.1, -0.05) is 12.2 Å².